The smallest absolute Gasteiger partial charge is 0.271 e. The van der Waals surface area contributed by atoms with E-state index in [1.807, 2.05) is 4.90 Å². The van der Waals surface area contributed by atoms with Gasteiger partial charge < -0.3 is 9.64 Å². The van der Waals surface area contributed by atoms with Gasteiger partial charge in [0.1, 0.15) is 18.1 Å². The molecule has 1 saturated heterocycles. The maximum atomic E-state index is 13.0. The van der Waals surface area contributed by atoms with Gasteiger partial charge >= 0.3 is 0 Å². The lowest BCUT2D eigenvalue weighted by atomic mass is 9.98. The molecule has 130 valence electrons. The molecule has 1 aliphatic heterocycles. The highest BCUT2D eigenvalue weighted by molar-refractivity contribution is 5.93. The van der Waals surface area contributed by atoms with Gasteiger partial charge in [0.2, 0.25) is 0 Å². The Bertz CT molecular complexity index is 764. The number of aromatic amines is 1. The van der Waals surface area contributed by atoms with Crippen molar-refractivity contribution in [1.82, 2.24) is 15.1 Å². The number of likely N-dealkylation sites (tertiary alicyclic amines) is 1. The van der Waals surface area contributed by atoms with Crippen LogP contribution in [0.3, 0.4) is 0 Å². The van der Waals surface area contributed by atoms with Gasteiger partial charge in [-0.2, -0.15) is 5.10 Å². The quantitative estimate of drug-likeness (QED) is 0.672. The lowest BCUT2D eigenvalue weighted by Gasteiger charge is -2.32. The van der Waals surface area contributed by atoms with Crippen molar-refractivity contribution in [2.75, 3.05) is 26.3 Å². The molecule has 1 atom stereocenters. The van der Waals surface area contributed by atoms with Crippen LogP contribution in [0, 0.1) is 24.1 Å². The molecule has 2 heterocycles. The van der Waals surface area contributed by atoms with Crippen molar-refractivity contribution in [2.45, 2.75) is 12.8 Å². The second-order valence-corrected chi connectivity index (χ2v) is 6.15. The normalized spacial score (nSPS) is 17.3. The molecular formula is C19H20FN3O2. The van der Waals surface area contributed by atoms with Crippen molar-refractivity contribution in [3.63, 3.8) is 0 Å². The largest absolute Gasteiger partial charge is 0.368 e. The number of benzene rings is 1. The fourth-order valence-electron chi connectivity index (χ4n) is 3.04. The summed E-state index contributed by atoms with van der Waals surface area (Å²) in [6, 6.07) is 7.72. The van der Waals surface area contributed by atoms with Gasteiger partial charge in [-0.3, -0.25) is 9.89 Å². The SMILES string of the molecule is C#CCOCC1CCCN(C(=O)c2cc(-c3ccc(F)cc3)n[nH]2)C1. The highest BCUT2D eigenvalue weighted by atomic mass is 19.1. The molecule has 1 N–H and O–H groups in total. The molecule has 1 unspecified atom stereocenters. The van der Waals surface area contributed by atoms with Crippen molar-refractivity contribution in [1.29, 1.82) is 0 Å². The van der Waals surface area contributed by atoms with Crippen molar-refractivity contribution in [3.8, 4) is 23.6 Å². The summed E-state index contributed by atoms with van der Waals surface area (Å²) in [7, 11) is 0. The fourth-order valence-corrected chi connectivity index (χ4v) is 3.04. The van der Waals surface area contributed by atoms with Gasteiger partial charge in [0, 0.05) is 24.6 Å². The van der Waals surface area contributed by atoms with Crippen LogP contribution in [0.5, 0.6) is 0 Å². The second kappa shape index (κ2) is 7.95. The maximum absolute atomic E-state index is 13.0. The van der Waals surface area contributed by atoms with Crippen LogP contribution in [-0.4, -0.2) is 47.3 Å². The Kier molecular flexibility index (Phi) is 5.46. The van der Waals surface area contributed by atoms with E-state index in [0.717, 1.165) is 24.9 Å². The number of halogens is 1. The fraction of sp³-hybridized carbons (Fsp3) is 0.368. The zero-order valence-corrected chi connectivity index (χ0v) is 13.9. The van der Waals surface area contributed by atoms with E-state index in [0.29, 0.717) is 37.1 Å². The number of rotatable bonds is 5. The number of aromatic nitrogens is 2. The molecule has 1 amide bonds. The molecule has 1 aromatic heterocycles. The Morgan fingerprint density at radius 3 is 3.00 bits per heavy atom. The summed E-state index contributed by atoms with van der Waals surface area (Å²) in [5, 5.41) is 6.96. The van der Waals surface area contributed by atoms with Crippen LogP contribution in [0.2, 0.25) is 0 Å². The monoisotopic (exact) mass is 341 g/mol. The molecule has 3 rings (SSSR count). The van der Waals surface area contributed by atoms with Gasteiger partial charge in [0.25, 0.3) is 5.91 Å². The lowest BCUT2D eigenvalue weighted by Crippen LogP contribution is -2.41. The summed E-state index contributed by atoms with van der Waals surface area (Å²) in [6.07, 6.45) is 7.15. The molecule has 1 fully saturated rings. The van der Waals surface area contributed by atoms with Crippen LogP contribution in [0.25, 0.3) is 11.3 Å². The Balaban J connectivity index is 1.65. The standard InChI is InChI=1S/C19H20FN3O2/c1-2-10-25-13-14-4-3-9-23(12-14)19(24)18-11-17(21-22-18)15-5-7-16(20)8-6-15/h1,5-8,11,14H,3-4,9-10,12-13H2,(H,21,22). The summed E-state index contributed by atoms with van der Waals surface area (Å²) in [5.41, 5.74) is 1.81. The topological polar surface area (TPSA) is 58.2 Å². The Labute approximate surface area is 146 Å². The summed E-state index contributed by atoms with van der Waals surface area (Å²) >= 11 is 0. The van der Waals surface area contributed by atoms with Gasteiger partial charge in [0.05, 0.1) is 12.3 Å². The third-order valence-corrected chi connectivity index (χ3v) is 4.29. The maximum Gasteiger partial charge on any atom is 0.271 e. The van der Waals surface area contributed by atoms with Crippen molar-refractivity contribution in [3.05, 3.63) is 41.8 Å². The zero-order chi connectivity index (χ0) is 17.6. The number of nitrogens with zero attached hydrogens (tertiary/aromatic N) is 2. The van der Waals surface area contributed by atoms with Crippen molar-refractivity contribution < 1.29 is 13.9 Å². The number of terminal acetylenes is 1. The van der Waals surface area contributed by atoms with E-state index >= 15 is 0 Å². The first-order valence-electron chi connectivity index (χ1n) is 8.29. The van der Waals surface area contributed by atoms with Crippen LogP contribution in [0.4, 0.5) is 4.39 Å². The van der Waals surface area contributed by atoms with Gasteiger partial charge in [-0.25, -0.2) is 4.39 Å². The summed E-state index contributed by atoms with van der Waals surface area (Å²) in [5.74, 6) is 2.36. The first kappa shape index (κ1) is 17.2. The minimum Gasteiger partial charge on any atom is -0.368 e. The number of H-pyrrole nitrogens is 1. The van der Waals surface area contributed by atoms with E-state index < -0.39 is 0 Å². The number of ether oxygens (including phenoxy) is 1. The molecule has 6 heteroatoms. The van der Waals surface area contributed by atoms with E-state index in [4.69, 9.17) is 11.2 Å². The first-order valence-corrected chi connectivity index (χ1v) is 8.29. The van der Waals surface area contributed by atoms with Crippen LogP contribution in [0.15, 0.2) is 30.3 Å². The Hall–Kier alpha value is -2.65. The molecule has 0 saturated carbocycles. The number of piperidine rings is 1. The Morgan fingerprint density at radius 2 is 2.24 bits per heavy atom. The molecule has 0 radical (unpaired) electrons. The number of hydrogen-bond acceptors (Lipinski definition) is 3. The van der Waals surface area contributed by atoms with Gasteiger partial charge in [-0.1, -0.05) is 5.92 Å². The van der Waals surface area contributed by atoms with E-state index in [1.165, 1.54) is 12.1 Å². The molecule has 0 spiro atoms. The minimum atomic E-state index is -0.304. The molecule has 1 aromatic carbocycles. The predicted octanol–water partition coefficient (Wildman–Crippen LogP) is 2.72. The van der Waals surface area contributed by atoms with Crippen LogP contribution in [0.1, 0.15) is 23.3 Å². The number of hydrogen-bond donors (Lipinski definition) is 1. The number of amides is 1. The second-order valence-electron chi connectivity index (χ2n) is 6.15. The van der Waals surface area contributed by atoms with E-state index in [2.05, 4.69) is 16.1 Å². The summed E-state index contributed by atoms with van der Waals surface area (Å²) < 4.78 is 18.4. The molecule has 5 nitrogen and oxygen atoms in total. The first-order chi connectivity index (χ1) is 12.2. The summed E-state index contributed by atoms with van der Waals surface area (Å²) in [6.45, 7) is 2.23. The van der Waals surface area contributed by atoms with Crippen LogP contribution in [-0.2, 0) is 4.74 Å². The molecule has 0 aliphatic carbocycles. The van der Waals surface area contributed by atoms with E-state index in [1.54, 1.807) is 18.2 Å². The zero-order valence-electron chi connectivity index (χ0n) is 13.9. The molecule has 25 heavy (non-hydrogen) atoms. The van der Waals surface area contributed by atoms with Gasteiger partial charge in [-0.05, 0) is 43.2 Å². The molecule has 1 aliphatic rings. The predicted molar refractivity (Wildman–Crippen MR) is 92.3 cm³/mol. The van der Waals surface area contributed by atoms with E-state index in [9.17, 15) is 9.18 Å². The minimum absolute atomic E-state index is 0.0810. The molecular weight excluding hydrogens is 321 g/mol. The number of nitrogens with one attached hydrogen (secondary N) is 1. The van der Waals surface area contributed by atoms with Crippen LogP contribution >= 0.6 is 0 Å². The number of carbonyl (C=O) groups excluding carboxylic acids is 1. The third-order valence-electron chi connectivity index (χ3n) is 4.29. The van der Waals surface area contributed by atoms with Gasteiger partial charge in [-0.15, -0.1) is 6.42 Å². The molecule has 0 bridgehead atoms. The highest BCUT2D eigenvalue weighted by Gasteiger charge is 2.25. The third kappa shape index (κ3) is 4.25. The lowest BCUT2D eigenvalue weighted by molar-refractivity contribution is 0.0529. The highest BCUT2D eigenvalue weighted by Crippen LogP contribution is 2.21. The van der Waals surface area contributed by atoms with Crippen LogP contribution < -0.4 is 0 Å². The average Bonchev–Trinajstić information content (AvgIpc) is 3.12. The van der Waals surface area contributed by atoms with Crippen molar-refractivity contribution >= 4 is 5.91 Å². The summed E-state index contributed by atoms with van der Waals surface area (Å²) in [4.78, 5) is 14.5. The Morgan fingerprint density at radius 1 is 1.44 bits per heavy atom. The van der Waals surface area contributed by atoms with Crippen molar-refractivity contribution in [2.24, 2.45) is 5.92 Å². The average molecular weight is 341 g/mol. The molecule has 2 aromatic rings. The van der Waals surface area contributed by atoms with Gasteiger partial charge in [0.15, 0.2) is 0 Å². The number of carbonyl (C=O) groups is 1. The van der Waals surface area contributed by atoms with E-state index in [-0.39, 0.29) is 11.7 Å².